The number of aromatic nitrogens is 1. The quantitative estimate of drug-likeness (QED) is 0.223. The van der Waals surface area contributed by atoms with Crippen molar-refractivity contribution in [3.8, 4) is 10.6 Å². The van der Waals surface area contributed by atoms with E-state index in [1.165, 1.54) is 16.9 Å². The molecule has 5 nitrogen and oxygen atoms in total. The van der Waals surface area contributed by atoms with Crippen LogP contribution in [0.25, 0.3) is 10.6 Å². The number of thiazole rings is 1. The van der Waals surface area contributed by atoms with Gasteiger partial charge in [-0.25, -0.2) is 9.99 Å². The molecule has 170 valence electrons. The Hall–Kier alpha value is -3.94. The molecule has 1 atom stereocenters. The summed E-state index contributed by atoms with van der Waals surface area (Å²) in [6.45, 7) is 0. The minimum absolute atomic E-state index is 0.0626. The molecule has 2 aromatic heterocycles. The number of thiophene rings is 1. The molecule has 3 heterocycles. The summed E-state index contributed by atoms with van der Waals surface area (Å²) in [6, 6.07) is 34.8. The monoisotopic (exact) mass is 491 g/mol. The second-order valence-corrected chi connectivity index (χ2v) is 9.95. The first-order valence-electron chi connectivity index (χ1n) is 11.3. The number of azo groups is 1. The van der Waals surface area contributed by atoms with E-state index in [9.17, 15) is 0 Å². The minimum Gasteiger partial charge on any atom is -0.231 e. The standard InChI is InChI=1S/C28H21N5S2/c1-4-11-20(12-5-1)23-19-24(21-13-6-2-7-14-21)33(32-23)28-29-26(25-17-10-18-34-25)27(35-28)31-30-22-15-8-3-9-16-22/h1-18,24H,19H2. The Morgan fingerprint density at radius 3 is 2.20 bits per heavy atom. The van der Waals surface area contributed by atoms with Crippen LogP contribution in [-0.4, -0.2) is 10.7 Å². The van der Waals surface area contributed by atoms with Crippen molar-refractivity contribution in [3.63, 3.8) is 0 Å². The molecule has 35 heavy (non-hydrogen) atoms. The third-order valence-electron chi connectivity index (χ3n) is 5.76. The smallest absolute Gasteiger partial charge is 0.209 e. The molecule has 1 unspecified atom stereocenters. The molecule has 0 aliphatic carbocycles. The van der Waals surface area contributed by atoms with Crippen molar-refractivity contribution in [2.75, 3.05) is 5.01 Å². The molecule has 6 rings (SSSR count). The highest BCUT2D eigenvalue weighted by Crippen LogP contribution is 2.46. The SMILES string of the molecule is c1ccc(N=Nc2sc(N3N=C(c4ccccc4)CC3c3ccccc3)nc2-c2cccs2)cc1. The van der Waals surface area contributed by atoms with E-state index < -0.39 is 0 Å². The molecular formula is C28H21N5S2. The fraction of sp³-hybridized carbons (Fsp3) is 0.0714. The van der Waals surface area contributed by atoms with Crippen molar-refractivity contribution in [2.24, 2.45) is 15.3 Å². The molecule has 0 saturated heterocycles. The van der Waals surface area contributed by atoms with Crippen LogP contribution in [0, 0.1) is 0 Å². The van der Waals surface area contributed by atoms with Crippen molar-refractivity contribution in [1.29, 1.82) is 0 Å². The van der Waals surface area contributed by atoms with Crippen LogP contribution in [0.1, 0.15) is 23.6 Å². The summed E-state index contributed by atoms with van der Waals surface area (Å²) in [5.74, 6) is 0. The number of anilines is 1. The van der Waals surface area contributed by atoms with Gasteiger partial charge < -0.3 is 0 Å². The van der Waals surface area contributed by atoms with Gasteiger partial charge >= 0.3 is 0 Å². The van der Waals surface area contributed by atoms with Crippen LogP contribution < -0.4 is 5.01 Å². The van der Waals surface area contributed by atoms with Gasteiger partial charge in [-0.05, 0) is 34.7 Å². The summed E-state index contributed by atoms with van der Waals surface area (Å²) in [4.78, 5) is 6.11. The van der Waals surface area contributed by atoms with E-state index in [-0.39, 0.29) is 6.04 Å². The fourth-order valence-corrected chi connectivity index (χ4v) is 5.75. The van der Waals surface area contributed by atoms with E-state index >= 15 is 0 Å². The van der Waals surface area contributed by atoms with Gasteiger partial charge in [-0.15, -0.1) is 21.6 Å². The van der Waals surface area contributed by atoms with Crippen molar-refractivity contribution in [2.45, 2.75) is 12.5 Å². The molecule has 0 N–H and O–H groups in total. The first-order valence-corrected chi connectivity index (χ1v) is 13.0. The second kappa shape index (κ2) is 9.74. The van der Waals surface area contributed by atoms with Crippen molar-refractivity contribution in [3.05, 3.63) is 120 Å². The lowest BCUT2D eigenvalue weighted by atomic mass is 9.99. The van der Waals surface area contributed by atoms with Crippen LogP contribution in [-0.2, 0) is 0 Å². The maximum Gasteiger partial charge on any atom is 0.209 e. The summed E-state index contributed by atoms with van der Waals surface area (Å²) in [5, 5.41) is 19.9. The lowest BCUT2D eigenvalue weighted by Crippen LogP contribution is -2.18. The molecule has 0 bridgehead atoms. The van der Waals surface area contributed by atoms with Gasteiger partial charge in [0.05, 0.1) is 22.3 Å². The van der Waals surface area contributed by atoms with Gasteiger partial charge in [-0.3, -0.25) is 0 Å². The zero-order chi connectivity index (χ0) is 23.5. The molecule has 0 radical (unpaired) electrons. The Morgan fingerprint density at radius 1 is 0.771 bits per heavy atom. The molecule has 1 aliphatic rings. The molecule has 0 spiro atoms. The Morgan fingerprint density at radius 2 is 1.49 bits per heavy atom. The van der Waals surface area contributed by atoms with Crippen molar-refractivity contribution < 1.29 is 0 Å². The Balaban J connectivity index is 1.43. The summed E-state index contributed by atoms with van der Waals surface area (Å²) in [5.41, 5.74) is 5.06. The van der Waals surface area contributed by atoms with Gasteiger partial charge in [-0.1, -0.05) is 96.3 Å². The molecule has 3 aromatic carbocycles. The van der Waals surface area contributed by atoms with Gasteiger partial charge in [0.2, 0.25) is 5.13 Å². The van der Waals surface area contributed by atoms with Crippen LogP contribution >= 0.6 is 22.7 Å². The number of nitrogens with zero attached hydrogens (tertiary/aromatic N) is 5. The maximum absolute atomic E-state index is 5.07. The van der Waals surface area contributed by atoms with Crippen LogP contribution in [0.15, 0.2) is 124 Å². The molecule has 0 amide bonds. The first kappa shape index (κ1) is 21.6. The van der Waals surface area contributed by atoms with Gasteiger partial charge in [0, 0.05) is 6.42 Å². The van der Waals surface area contributed by atoms with Crippen LogP contribution in [0.5, 0.6) is 0 Å². The highest BCUT2D eigenvalue weighted by molar-refractivity contribution is 7.20. The van der Waals surface area contributed by atoms with E-state index in [0.29, 0.717) is 0 Å². The van der Waals surface area contributed by atoms with E-state index in [0.717, 1.165) is 44.1 Å². The van der Waals surface area contributed by atoms with Crippen LogP contribution in [0.4, 0.5) is 15.8 Å². The third-order valence-corrected chi connectivity index (χ3v) is 7.57. The van der Waals surface area contributed by atoms with E-state index in [4.69, 9.17) is 10.1 Å². The lowest BCUT2D eigenvalue weighted by molar-refractivity contribution is 0.706. The summed E-state index contributed by atoms with van der Waals surface area (Å²) in [7, 11) is 0. The molecule has 0 fully saturated rings. The number of hydrogen-bond donors (Lipinski definition) is 0. The zero-order valence-electron chi connectivity index (χ0n) is 18.7. The predicted octanol–water partition coefficient (Wildman–Crippen LogP) is 8.64. The van der Waals surface area contributed by atoms with Crippen molar-refractivity contribution >= 4 is 44.2 Å². The average molecular weight is 492 g/mol. The topological polar surface area (TPSA) is 53.2 Å². The van der Waals surface area contributed by atoms with Crippen molar-refractivity contribution in [1.82, 2.24) is 4.98 Å². The lowest BCUT2D eigenvalue weighted by Gasteiger charge is -2.21. The van der Waals surface area contributed by atoms with Gasteiger partial charge in [-0.2, -0.15) is 5.10 Å². The number of hydrazone groups is 1. The van der Waals surface area contributed by atoms with E-state index in [2.05, 4.69) is 75.2 Å². The first-order chi connectivity index (χ1) is 17.3. The highest BCUT2D eigenvalue weighted by Gasteiger charge is 2.32. The zero-order valence-corrected chi connectivity index (χ0v) is 20.4. The molecule has 1 aliphatic heterocycles. The minimum atomic E-state index is 0.0626. The average Bonchev–Trinajstić information content (AvgIpc) is 3.69. The molecule has 0 saturated carbocycles. The van der Waals surface area contributed by atoms with E-state index in [1.54, 1.807) is 11.3 Å². The van der Waals surface area contributed by atoms with Gasteiger partial charge in [0.15, 0.2) is 5.00 Å². The normalized spacial score (nSPS) is 15.6. The Labute approximate surface area is 211 Å². The Kier molecular flexibility index (Phi) is 6.00. The van der Waals surface area contributed by atoms with Gasteiger partial charge in [0.25, 0.3) is 0 Å². The highest BCUT2D eigenvalue weighted by atomic mass is 32.1. The van der Waals surface area contributed by atoms with Gasteiger partial charge in [0.1, 0.15) is 5.69 Å². The van der Waals surface area contributed by atoms with E-state index in [1.807, 2.05) is 48.5 Å². The third kappa shape index (κ3) is 4.56. The molecule has 5 aromatic rings. The second-order valence-electron chi connectivity index (χ2n) is 8.05. The molecule has 7 heteroatoms. The summed E-state index contributed by atoms with van der Waals surface area (Å²) in [6.07, 6.45) is 0.808. The predicted molar refractivity (Wildman–Crippen MR) is 145 cm³/mol. The Bertz CT molecular complexity index is 1460. The summed E-state index contributed by atoms with van der Waals surface area (Å²) < 4.78 is 0. The number of hydrogen-bond acceptors (Lipinski definition) is 7. The van der Waals surface area contributed by atoms with Crippen LogP contribution in [0.3, 0.4) is 0 Å². The molecular weight excluding hydrogens is 470 g/mol. The maximum atomic E-state index is 5.07. The largest absolute Gasteiger partial charge is 0.231 e. The number of benzene rings is 3. The number of rotatable bonds is 6. The summed E-state index contributed by atoms with van der Waals surface area (Å²) >= 11 is 3.17. The van der Waals surface area contributed by atoms with Crippen LogP contribution in [0.2, 0.25) is 0 Å². The fourth-order valence-electron chi connectivity index (χ4n) is 4.07.